The maximum atomic E-state index is 3.47. The van der Waals surface area contributed by atoms with Gasteiger partial charge in [-0.2, -0.15) is 0 Å². The van der Waals surface area contributed by atoms with Gasteiger partial charge in [0.05, 0.1) is 0 Å². The third kappa shape index (κ3) is 2.25. The van der Waals surface area contributed by atoms with Gasteiger partial charge in [-0.1, -0.05) is 24.3 Å². The smallest absolute Gasteiger partial charge is 0.0457 e. The summed E-state index contributed by atoms with van der Waals surface area (Å²) in [6, 6.07) is 12.7. The van der Waals surface area contributed by atoms with E-state index >= 15 is 0 Å². The van der Waals surface area contributed by atoms with E-state index < -0.39 is 0 Å². The number of hydrogen-bond acceptors (Lipinski definition) is 2. The Kier molecular flexibility index (Phi) is 2.94. The van der Waals surface area contributed by atoms with Crippen LogP contribution < -0.4 is 5.32 Å². The van der Waals surface area contributed by atoms with E-state index in [9.17, 15) is 0 Å². The molecule has 3 aromatic rings. The van der Waals surface area contributed by atoms with Crippen molar-refractivity contribution in [3.05, 3.63) is 58.4 Å². The fraction of sp³-hybridized carbons (Fsp3) is 0.143. The molecule has 0 unspecified atom stereocenters. The van der Waals surface area contributed by atoms with E-state index in [0.717, 1.165) is 13.1 Å². The van der Waals surface area contributed by atoms with Crippen LogP contribution in [0, 0.1) is 0 Å². The molecule has 3 rings (SSSR count). The first-order chi connectivity index (χ1) is 8.43. The van der Waals surface area contributed by atoms with E-state index in [0.29, 0.717) is 0 Å². The Morgan fingerprint density at radius 1 is 1.06 bits per heavy atom. The fourth-order valence-corrected chi connectivity index (χ4v) is 2.69. The quantitative estimate of drug-likeness (QED) is 0.720. The molecule has 0 saturated carbocycles. The predicted octanol–water partition coefficient (Wildman–Crippen LogP) is 3.52. The summed E-state index contributed by atoms with van der Waals surface area (Å²) in [6.07, 6.45) is 2.09. The maximum Gasteiger partial charge on any atom is 0.0457 e. The second kappa shape index (κ2) is 4.73. The molecular weight excluding hydrogens is 228 g/mol. The molecule has 1 aromatic carbocycles. The maximum absolute atomic E-state index is 3.47. The highest BCUT2D eigenvalue weighted by atomic mass is 32.1. The lowest BCUT2D eigenvalue weighted by Gasteiger charge is -2.01. The summed E-state index contributed by atoms with van der Waals surface area (Å²) in [7, 11) is 0. The van der Waals surface area contributed by atoms with Crippen LogP contribution in [0.4, 0.5) is 0 Å². The van der Waals surface area contributed by atoms with Crippen LogP contribution in [0.25, 0.3) is 10.9 Å². The van der Waals surface area contributed by atoms with Crippen molar-refractivity contribution in [1.82, 2.24) is 10.3 Å². The fourth-order valence-electron chi connectivity index (χ4n) is 2.01. The zero-order chi connectivity index (χ0) is 11.5. The lowest BCUT2D eigenvalue weighted by atomic mass is 10.2. The van der Waals surface area contributed by atoms with Crippen LogP contribution in [0.3, 0.4) is 0 Å². The van der Waals surface area contributed by atoms with Crippen LogP contribution in [0.2, 0.25) is 0 Å². The lowest BCUT2D eigenvalue weighted by Crippen LogP contribution is -2.11. The summed E-state index contributed by atoms with van der Waals surface area (Å²) in [5.74, 6) is 0. The summed E-state index contributed by atoms with van der Waals surface area (Å²) in [5.41, 5.74) is 2.54. The van der Waals surface area contributed by atoms with E-state index in [2.05, 4.69) is 58.3 Å². The lowest BCUT2D eigenvalue weighted by molar-refractivity contribution is 0.704. The molecule has 0 saturated heterocycles. The van der Waals surface area contributed by atoms with Crippen LogP contribution in [-0.4, -0.2) is 4.98 Å². The largest absolute Gasteiger partial charge is 0.361 e. The Bertz CT molecular complexity index is 596. The van der Waals surface area contributed by atoms with Crippen LogP contribution in [0.1, 0.15) is 10.4 Å². The number of thiophene rings is 1. The minimum atomic E-state index is 0.905. The van der Waals surface area contributed by atoms with Crippen molar-refractivity contribution < 1.29 is 0 Å². The number of aromatic amines is 1. The first-order valence-corrected chi connectivity index (χ1v) is 6.59. The van der Waals surface area contributed by atoms with Crippen molar-refractivity contribution in [1.29, 1.82) is 0 Å². The number of aromatic nitrogens is 1. The van der Waals surface area contributed by atoms with Crippen LogP contribution in [-0.2, 0) is 13.1 Å². The summed E-state index contributed by atoms with van der Waals surface area (Å²) in [6.45, 7) is 1.85. The molecule has 2 N–H and O–H groups in total. The van der Waals surface area contributed by atoms with Gasteiger partial charge >= 0.3 is 0 Å². The topological polar surface area (TPSA) is 27.8 Å². The first-order valence-electron chi connectivity index (χ1n) is 5.71. The van der Waals surface area contributed by atoms with Crippen molar-refractivity contribution in [3.8, 4) is 0 Å². The number of hydrogen-bond donors (Lipinski definition) is 2. The number of benzene rings is 1. The van der Waals surface area contributed by atoms with Gasteiger partial charge in [0.25, 0.3) is 0 Å². The summed E-state index contributed by atoms with van der Waals surface area (Å²) >= 11 is 1.79. The van der Waals surface area contributed by atoms with Crippen molar-refractivity contribution in [2.75, 3.05) is 0 Å². The Hall–Kier alpha value is -1.58. The van der Waals surface area contributed by atoms with Crippen LogP contribution >= 0.6 is 11.3 Å². The molecule has 0 bridgehead atoms. The Balaban J connectivity index is 1.69. The molecule has 0 amide bonds. The Morgan fingerprint density at radius 2 is 2.00 bits per heavy atom. The summed E-state index contributed by atoms with van der Waals surface area (Å²) in [4.78, 5) is 4.67. The van der Waals surface area contributed by atoms with Crippen LogP contribution in [0.5, 0.6) is 0 Å². The van der Waals surface area contributed by atoms with Gasteiger partial charge in [0.15, 0.2) is 0 Å². The number of rotatable bonds is 4. The van der Waals surface area contributed by atoms with Gasteiger partial charge in [-0.15, -0.1) is 11.3 Å². The molecule has 2 aromatic heterocycles. The summed E-state index contributed by atoms with van der Waals surface area (Å²) in [5, 5.41) is 6.90. The molecule has 3 heteroatoms. The second-order valence-electron chi connectivity index (χ2n) is 4.04. The van der Waals surface area contributed by atoms with Crippen molar-refractivity contribution in [2.24, 2.45) is 0 Å². The van der Waals surface area contributed by atoms with Gasteiger partial charge in [0, 0.05) is 35.1 Å². The molecule has 2 nitrogen and oxygen atoms in total. The third-order valence-corrected chi connectivity index (χ3v) is 3.75. The van der Waals surface area contributed by atoms with E-state index in [4.69, 9.17) is 0 Å². The molecule has 86 valence electrons. The zero-order valence-corrected chi connectivity index (χ0v) is 10.3. The highest BCUT2D eigenvalue weighted by Gasteiger charge is 2.02. The zero-order valence-electron chi connectivity index (χ0n) is 9.44. The highest BCUT2D eigenvalue weighted by molar-refractivity contribution is 7.09. The van der Waals surface area contributed by atoms with Crippen molar-refractivity contribution >= 4 is 22.2 Å². The molecule has 0 aliphatic carbocycles. The normalized spacial score (nSPS) is 11.1. The molecule has 0 aliphatic rings. The standard InChI is InChI=1S/C14H14N2S/c1-2-6-14-13(5-1)11(9-16-14)8-15-10-12-4-3-7-17-12/h1-7,9,15-16H,8,10H2. The molecule has 0 fully saturated rings. The average Bonchev–Trinajstić information content (AvgIpc) is 2.99. The van der Waals surface area contributed by atoms with Crippen molar-refractivity contribution in [2.45, 2.75) is 13.1 Å². The van der Waals surface area contributed by atoms with Gasteiger partial charge in [-0.05, 0) is 23.1 Å². The van der Waals surface area contributed by atoms with Gasteiger partial charge in [-0.25, -0.2) is 0 Å². The minimum absolute atomic E-state index is 0.905. The first kappa shape index (κ1) is 10.6. The molecule has 17 heavy (non-hydrogen) atoms. The van der Waals surface area contributed by atoms with Gasteiger partial charge < -0.3 is 10.3 Å². The average molecular weight is 242 g/mol. The number of H-pyrrole nitrogens is 1. The molecule has 0 aliphatic heterocycles. The van der Waals surface area contributed by atoms with E-state index in [1.807, 2.05) is 0 Å². The monoisotopic (exact) mass is 242 g/mol. The van der Waals surface area contributed by atoms with Gasteiger partial charge in [0.1, 0.15) is 0 Å². The van der Waals surface area contributed by atoms with E-state index in [-0.39, 0.29) is 0 Å². The second-order valence-corrected chi connectivity index (χ2v) is 5.07. The highest BCUT2D eigenvalue weighted by Crippen LogP contribution is 2.17. The molecular formula is C14H14N2S. The predicted molar refractivity (Wildman–Crippen MR) is 73.2 cm³/mol. The minimum Gasteiger partial charge on any atom is -0.361 e. The van der Waals surface area contributed by atoms with Gasteiger partial charge in [0.2, 0.25) is 0 Å². The third-order valence-electron chi connectivity index (χ3n) is 2.87. The number of fused-ring (bicyclic) bond motifs is 1. The Labute approximate surface area is 104 Å². The van der Waals surface area contributed by atoms with E-state index in [1.165, 1.54) is 21.3 Å². The van der Waals surface area contributed by atoms with Crippen molar-refractivity contribution in [3.63, 3.8) is 0 Å². The molecule has 2 heterocycles. The van der Waals surface area contributed by atoms with E-state index in [1.54, 1.807) is 11.3 Å². The SMILES string of the molecule is c1csc(CNCc2c[nH]c3ccccc23)c1. The number of para-hydroxylation sites is 1. The van der Waals surface area contributed by atoms with Crippen LogP contribution in [0.15, 0.2) is 48.0 Å². The molecule has 0 atom stereocenters. The molecule has 0 radical (unpaired) electrons. The van der Waals surface area contributed by atoms with Gasteiger partial charge in [-0.3, -0.25) is 0 Å². The Morgan fingerprint density at radius 3 is 2.88 bits per heavy atom. The summed E-state index contributed by atoms with van der Waals surface area (Å²) < 4.78 is 0. The number of nitrogens with one attached hydrogen (secondary N) is 2. The molecule has 0 spiro atoms.